The zero-order valence-corrected chi connectivity index (χ0v) is 17.0. The van der Waals surface area contributed by atoms with Gasteiger partial charge in [0.1, 0.15) is 5.75 Å². The summed E-state index contributed by atoms with van der Waals surface area (Å²) >= 11 is 0. The first-order valence-corrected chi connectivity index (χ1v) is 10.3. The highest BCUT2D eigenvalue weighted by atomic mass is 16.5. The van der Waals surface area contributed by atoms with Crippen molar-refractivity contribution in [1.29, 1.82) is 0 Å². The summed E-state index contributed by atoms with van der Waals surface area (Å²) in [4.78, 5) is 21.9. The number of carbonyl (C=O) groups excluding carboxylic acids is 1. The van der Waals surface area contributed by atoms with Crippen molar-refractivity contribution in [3.63, 3.8) is 0 Å². The molecule has 0 aliphatic carbocycles. The third-order valence-corrected chi connectivity index (χ3v) is 5.45. The molecule has 0 radical (unpaired) electrons. The van der Waals surface area contributed by atoms with E-state index in [0.29, 0.717) is 6.54 Å². The highest BCUT2D eigenvalue weighted by molar-refractivity contribution is 5.78. The van der Waals surface area contributed by atoms with E-state index in [-0.39, 0.29) is 18.6 Å². The molecule has 5 heteroatoms. The highest BCUT2D eigenvalue weighted by Crippen LogP contribution is 2.18. The van der Waals surface area contributed by atoms with Gasteiger partial charge in [0.25, 0.3) is 5.91 Å². The molecule has 28 heavy (non-hydrogen) atoms. The van der Waals surface area contributed by atoms with Gasteiger partial charge in [0.05, 0.1) is 0 Å². The van der Waals surface area contributed by atoms with E-state index in [1.165, 1.54) is 0 Å². The molecule has 1 amide bonds. The number of benzene rings is 1. The molecule has 1 fully saturated rings. The van der Waals surface area contributed by atoms with Crippen molar-refractivity contribution in [1.82, 2.24) is 14.8 Å². The molecule has 150 valence electrons. The summed E-state index contributed by atoms with van der Waals surface area (Å²) < 4.78 is 5.80. The molecule has 0 atom stereocenters. The van der Waals surface area contributed by atoms with Crippen LogP contribution >= 0.6 is 0 Å². The van der Waals surface area contributed by atoms with Crippen LogP contribution in [0.5, 0.6) is 5.75 Å². The maximum atomic E-state index is 13.0. The van der Waals surface area contributed by atoms with Gasteiger partial charge in [-0.05, 0) is 56.1 Å². The fourth-order valence-electron chi connectivity index (χ4n) is 3.77. The third-order valence-electron chi connectivity index (χ3n) is 5.45. The molecule has 0 unspecified atom stereocenters. The van der Waals surface area contributed by atoms with Crippen molar-refractivity contribution in [3.8, 4) is 5.75 Å². The van der Waals surface area contributed by atoms with Crippen LogP contribution in [-0.2, 0) is 11.2 Å². The van der Waals surface area contributed by atoms with Crippen LogP contribution in [0.25, 0.3) is 0 Å². The summed E-state index contributed by atoms with van der Waals surface area (Å²) in [5, 5.41) is 0. The van der Waals surface area contributed by atoms with Crippen molar-refractivity contribution in [3.05, 3.63) is 59.9 Å². The molecule has 2 heterocycles. The summed E-state index contributed by atoms with van der Waals surface area (Å²) in [5.74, 6) is 0.811. The van der Waals surface area contributed by atoms with E-state index in [4.69, 9.17) is 4.74 Å². The molecule has 0 spiro atoms. The third kappa shape index (κ3) is 5.80. The number of aromatic nitrogens is 1. The molecule has 3 rings (SSSR count). The number of nitrogens with zero attached hydrogens (tertiary/aromatic N) is 3. The first-order valence-electron chi connectivity index (χ1n) is 10.3. The summed E-state index contributed by atoms with van der Waals surface area (Å²) in [7, 11) is 0. The maximum Gasteiger partial charge on any atom is 0.260 e. The number of carbonyl (C=O) groups is 1. The molecule has 0 N–H and O–H groups in total. The lowest BCUT2D eigenvalue weighted by atomic mass is 10.0. The second-order valence-corrected chi connectivity index (χ2v) is 7.43. The zero-order chi connectivity index (χ0) is 19.8. The lowest BCUT2D eigenvalue weighted by molar-refractivity contribution is -0.136. The highest BCUT2D eigenvalue weighted by Gasteiger charge is 2.27. The van der Waals surface area contributed by atoms with Crippen molar-refractivity contribution in [2.45, 2.75) is 39.2 Å². The van der Waals surface area contributed by atoms with Crippen LogP contribution in [0.3, 0.4) is 0 Å². The van der Waals surface area contributed by atoms with Gasteiger partial charge in [-0.3, -0.25) is 9.78 Å². The minimum absolute atomic E-state index is 0.0624. The van der Waals surface area contributed by atoms with Gasteiger partial charge >= 0.3 is 0 Å². The second kappa shape index (κ2) is 10.2. The predicted octanol–water partition coefficient (Wildman–Crippen LogP) is 3.32. The quantitative estimate of drug-likeness (QED) is 0.704. The molecular weight excluding hydrogens is 350 g/mol. The Kier molecular flexibility index (Phi) is 7.43. The molecule has 5 nitrogen and oxygen atoms in total. The van der Waals surface area contributed by atoms with Gasteiger partial charge in [-0.25, -0.2) is 0 Å². The van der Waals surface area contributed by atoms with E-state index in [1.54, 1.807) is 0 Å². The Bertz CT molecular complexity index is 743. The number of piperidine rings is 1. The Morgan fingerprint density at radius 1 is 1.21 bits per heavy atom. The summed E-state index contributed by atoms with van der Waals surface area (Å²) in [6.45, 7) is 8.16. The van der Waals surface area contributed by atoms with Gasteiger partial charge in [0, 0.05) is 44.0 Å². The molecular formula is C23H31N3O2. The summed E-state index contributed by atoms with van der Waals surface area (Å²) in [5.41, 5.74) is 2.15. The van der Waals surface area contributed by atoms with Gasteiger partial charge in [-0.1, -0.05) is 25.1 Å². The minimum atomic E-state index is 0.0624. The van der Waals surface area contributed by atoms with E-state index in [2.05, 4.69) is 16.8 Å². The van der Waals surface area contributed by atoms with Crippen LogP contribution < -0.4 is 4.74 Å². The molecule has 2 aromatic rings. The first-order chi connectivity index (χ1) is 13.7. The average Bonchev–Trinajstić information content (AvgIpc) is 2.73. The smallest absolute Gasteiger partial charge is 0.260 e. The topological polar surface area (TPSA) is 45.7 Å². The Labute approximate surface area is 168 Å². The molecule has 1 saturated heterocycles. The molecule has 0 saturated carbocycles. The largest absolute Gasteiger partial charge is 0.484 e. The number of amides is 1. The lowest BCUT2D eigenvalue weighted by Gasteiger charge is -2.38. The standard InChI is InChI=1S/C23H31N3O2/c1-3-25-14-11-21(12-15-25)26(16-10-20-8-4-5-13-24-20)23(27)18-28-22-9-6-7-19(2)17-22/h4-9,13,17,21H,3,10-12,14-16,18H2,1-2H3. The molecule has 1 aromatic heterocycles. The molecule has 1 aliphatic rings. The fraction of sp³-hybridized carbons (Fsp3) is 0.478. The van der Waals surface area contributed by atoms with Gasteiger partial charge in [-0.15, -0.1) is 0 Å². The van der Waals surface area contributed by atoms with Crippen LogP contribution in [0.4, 0.5) is 0 Å². The monoisotopic (exact) mass is 381 g/mol. The second-order valence-electron chi connectivity index (χ2n) is 7.43. The number of likely N-dealkylation sites (tertiary alicyclic amines) is 1. The number of aryl methyl sites for hydroxylation is 1. The Morgan fingerprint density at radius 2 is 2.04 bits per heavy atom. The van der Waals surface area contributed by atoms with E-state index < -0.39 is 0 Å². The maximum absolute atomic E-state index is 13.0. The van der Waals surface area contributed by atoms with Crippen molar-refractivity contribution >= 4 is 5.91 Å². The Morgan fingerprint density at radius 3 is 2.71 bits per heavy atom. The lowest BCUT2D eigenvalue weighted by Crippen LogP contribution is -2.49. The Balaban J connectivity index is 1.63. The number of rotatable bonds is 8. The number of hydrogen-bond acceptors (Lipinski definition) is 4. The van der Waals surface area contributed by atoms with E-state index in [1.807, 2.05) is 60.5 Å². The molecule has 1 aliphatic heterocycles. The van der Waals surface area contributed by atoms with Crippen molar-refractivity contribution in [2.75, 3.05) is 32.8 Å². The van der Waals surface area contributed by atoms with Gasteiger partial charge in [0.15, 0.2) is 6.61 Å². The van der Waals surface area contributed by atoms with Crippen LogP contribution in [0.15, 0.2) is 48.7 Å². The minimum Gasteiger partial charge on any atom is -0.484 e. The average molecular weight is 382 g/mol. The molecule has 1 aromatic carbocycles. The van der Waals surface area contributed by atoms with E-state index >= 15 is 0 Å². The SMILES string of the molecule is CCN1CCC(N(CCc2ccccn2)C(=O)COc2cccc(C)c2)CC1. The molecule has 0 bridgehead atoms. The summed E-state index contributed by atoms with van der Waals surface area (Å²) in [6.07, 6.45) is 4.62. The van der Waals surface area contributed by atoms with Crippen LogP contribution in [-0.4, -0.2) is 59.5 Å². The van der Waals surface area contributed by atoms with E-state index in [0.717, 1.165) is 55.9 Å². The van der Waals surface area contributed by atoms with Crippen LogP contribution in [0.2, 0.25) is 0 Å². The predicted molar refractivity (Wildman–Crippen MR) is 111 cm³/mol. The number of pyridine rings is 1. The van der Waals surface area contributed by atoms with Gasteiger partial charge in [-0.2, -0.15) is 0 Å². The van der Waals surface area contributed by atoms with Gasteiger partial charge < -0.3 is 14.5 Å². The van der Waals surface area contributed by atoms with E-state index in [9.17, 15) is 4.79 Å². The van der Waals surface area contributed by atoms with Crippen molar-refractivity contribution < 1.29 is 9.53 Å². The van der Waals surface area contributed by atoms with Gasteiger partial charge in [0.2, 0.25) is 0 Å². The number of hydrogen-bond donors (Lipinski definition) is 0. The Hall–Kier alpha value is -2.40. The van der Waals surface area contributed by atoms with Crippen molar-refractivity contribution in [2.24, 2.45) is 0 Å². The number of ether oxygens (including phenoxy) is 1. The van der Waals surface area contributed by atoms with Crippen LogP contribution in [0, 0.1) is 6.92 Å². The normalized spacial score (nSPS) is 15.4. The fourth-order valence-corrected chi connectivity index (χ4v) is 3.77. The summed E-state index contributed by atoms with van der Waals surface area (Å²) in [6, 6.07) is 14.1. The zero-order valence-electron chi connectivity index (χ0n) is 17.0. The van der Waals surface area contributed by atoms with Crippen LogP contribution in [0.1, 0.15) is 31.0 Å². The first kappa shape index (κ1) is 20.3.